The zero-order chi connectivity index (χ0) is 20.7. The Labute approximate surface area is 172 Å². The van der Waals surface area contributed by atoms with Crippen LogP contribution in [0.4, 0.5) is 5.69 Å². The summed E-state index contributed by atoms with van der Waals surface area (Å²) in [5.41, 5.74) is 0.986. The molecule has 2 aromatic carbocycles. The van der Waals surface area contributed by atoms with Gasteiger partial charge < -0.3 is 14.8 Å². The molecule has 1 amide bonds. The first kappa shape index (κ1) is 21.6. The molecule has 1 atom stereocenters. The zero-order valence-electron chi connectivity index (χ0n) is 15.9. The number of carbonyl (C=O) groups excluding carboxylic acids is 3. The van der Waals surface area contributed by atoms with Crippen LogP contribution in [-0.2, 0) is 14.3 Å². The minimum absolute atomic E-state index is 0.104. The third kappa shape index (κ3) is 6.49. The highest BCUT2D eigenvalue weighted by Gasteiger charge is 2.20. The van der Waals surface area contributed by atoms with Gasteiger partial charge in [-0.3, -0.25) is 9.59 Å². The van der Waals surface area contributed by atoms with Gasteiger partial charge in [-0.05, 0) is 55.5 Å². The second-order valence-corrected chi connectivity index (χ2v) is 7.38. The highest BCUT2D eigenvalue weighted by molar-refractivity contribution is 9.10. The summed E-state index contributed by atoms with van der Waals surface area (Å²) in [5, 5.41) is 2.75. The van der Waals surface area contributed by atoms with Crippen molar-refractivity contribution < 1.29 is 23.9 Å². The first-order chi connectivity index (χ1) is 13.3. The van der Waals surface area contributed by atoms with Gasteiger partial charge in [0.25, 0.3) is 0 Å². The van der Waals surface area contributed by atoms with Crippen LogP contribution in [0.5, 0.6) is 5.75 Å². The fourth-order valence-corrected chi connectivity index (χ4v) is 2.46. The number of nitrogens with one attached hydrogen (secondary N) is 1. The van der Waals surface area contributed by atoms with Crippen LogP contribution in [0.1, 0.15) is 31.1 Å². The highest BCUT2D eigenvalue weighted by Crippen LogP contribution is 2.16. The summed E-state index contributed by atoms with van der Waals surface area (Å²) >= 11 is 3.31. The minimum atomic E-state index is -0.947. The molecule has 0 fully saturated rings. The average Bonchev–Trinajstić information content (AvgIpc) is 2.67. The number of esters is 1. The Morgan fingerprint density at radius 2 is 1.57 bits per heavy atom. The van der Waals surface area contributed by atoms with Crippen molar-refractivity contribution >= 4 is 39.3 Å². The number of halogens is 1. The van der Waals surface area contributed by atoms with E-state index in [4.69, 9.17) is 9.47 Å². The molecule has 2 rings (SSSR count). The van der Waals surface area contributed by atoms with Gasteiger partial charge in [-0.2, -0.15) is 0 Å². The SMILES string of the molecule is CC(C)C(=O)Nc1ccc(C(=O)C(C)OC(=O)COc2ccc(Br)cc2)cc1. The van der Waals surface area contributed by atoms with Crippen molar-refractivity contribution in [3.8, 4) is 5.75 Å². The molecule has 6 nitrogen and oxygen atoms in total. The molecule has 1 unspecified atom stereocenters. The molecule has 2 aromatic rings. The van der Waals surface area contributed by atoms with E-state index in [1.165, 1.54) is 6.92 Å². The van der Waals surface area contributed by atoms with Crippen molar-refractivity contribution in [3.05, 3.63) is 58.6 Å². The summed E-state index contributed by atoms with van der Waals surface area (Å²) in [6, 6.07) is 13.5. The van der Waals surface area contributed by atoms with Gasteiger partial charge in [0.2, 0.25) is 11.7 Å². The van der Waals surface area contributed by atoms with E-state index < -0.39 is 12.1 Å². The number of hydrogen-bond donors (Lipinski definition) is 1. The van der Waals surface area contributed by atoms with Gasteiger partial charge in [-0.1, -0.05) is 29.8 Å². The van der Waals surface area contributed by atoms with Gasteiger partial charge in [-0.15, -0.1) is 0 Å². The van der Waals surface area contributed by atoms with Crippen molar-refractivity contribution in [1.82, 2.24) is 0 Å². The number of ether oxygens (including phenoxy) is 2. The predicted octanol–water partition coefficient (Wildman–Crippen LogP) is 4.24. The summed E-state index contributed by atoms with van der Waals surface area (Å²) in [5.74, 6) is -0.686. The monoisotopic (exact) mass is 447 g/mol. The smallest absolute Gasteiger partial charge is 0.344 e. The Hall–Kier alpha value is -2.67. The van der Waals surface area contributed by atoms with Crippen LogP contribution in [0.2, 0.25) is 0 Å². The van der Waals surface area contributed by atoms with E-state index in [0.29, 0.717) is 17.0 Å². The van der Waals surface area contributed by atoms with Crippen LogP contribution >= 0.6 is 15.9 Å². The highest BCUT2D eigenvalue weighted by atomic mass is 79.9. The third-order valence-electron chi connectivity index (χ3n) is 3.81. The molecule has 1 N–H and O–H groups in total. The molecule has 0 saturated heterocycles. The maximum atomic E-state index is 12.4. The molecular weight excluding hydrogens is 426 g/mol. The Morgan fingerprint density at radius 1 is 0.964 bits per heavy atom. The van der Waals surface area contributed by atoms with Crippen LogP contribution in [0.25, 0.3) is 0 Å². The molecule has 148 valence electrons. The maximum Gasteiger partial charge on any atom is 0.344 e. The number of benzene rings is 2. The average molecular weight is 448 g/mol. The zero-order valence-corrected chi connectivity index (χ0v) is 17.5. The molecule has 0 saturated carbocycles. The molecule has 0 aliphatic rings. The van der Waals surface area contributed by atoms with Gasteiger partial charge in [0.15, 0.2) is 12.7 Å². The summed E-state index contributed by atoms with van der Waals surface area (Å²) in [6.07, 6.45) is -0.947. The maximum absolute atomic E-state index is 12.4. The number of Topliss-reactive ketones (excluding diaryl/α,β-unsaturated/α-hetero) is 1. The van der Waals surface area contributed by atoms with Gasteiger partial charge in [0.1, 0.15) is 5.75 Å². The summed E-state index contributed by atoms with van der Waals surface area (Å²) < 4.78 is 11.4. The first-order valence-corrected chi connectivity index (χ1v) is 9.58. The van der Waals surface area contributed by atoms with E-state index in [2.05, 4.69) is 21.2 Å². The summed E-state index contributed by atoms with van der Waals surface area (Å²) in [6.45, 7) is 4.81. The molecule has 0 aliphatic carbocycles. The number of hydrogen-bond acceptors (Lipinski definition) is 5. The Bertz CT molecular complexity index is 831. The largest absolute Gasteiger partial charge is 0.482 e. The summed E-state index contributed by atoms with van der Waals surface area (Å²) in [4.78, 5) is 36.0. The number of carbonyl (C=O) groups is 3. The van der Waals surface area contributed by atoms with Gasteiger partial charge in [0.05, 0.1) is 0 Å². The van der Waals surface area contributed by atoms with Crippen LogP contribution in [0.3, 0.4) is 0 Å². The quantitative estimate of drug-likeness (QED) is 0.483. The van der Waals surface area contributed by atoms with Gasteiger partial charge in [0, 0.05) is 21.6 Å². The third-order valence-corrected chi connectivity index (χ3v) is 4.34. The molecule has 7 heteroatoms. The number of amides is 1. The summed E-state index contributed by atoms with van der Waals surface area (Å²) in [7, 11) is 0. The lowest BCUT2D eigenvalue weighted by atomic mass is 10.1. The van der Waals surface area contributed by atoms with Gasteiger partial charge in [-0.25, -0.2) is 4.79 Å². The lowest BCUT2D eigenvalue weighted by Gasteiger charge is -2.13. The van der Waals surface area contributed by atoms with Gasteiger partial charge >= 0.3 is 5.97 Å². The number of rotatable bonds is 8. The first-order valence-electron chi connectivity index (χ1n) is 8.79. The fourth-order valence-electron chi connectivity index (χ4n) is 2.20. The molecule has 0 aliphatic heterocycles. The van der Waals surface area contributed by atoms with E-state index in [0.717, 1.165) is 4.47 Å². The van der Waals surface area contributed by atoms with Crippen molar-refractivity contribution in [2.45, 2.75) is 26.9 Å². The minimum Gasteiger partial charge on any atom is -0.482 e. The number of anilines is 1. The Morgan fingerprint density at radius 3 is 2.14 bits per heavy atom. The molecule has 0 heterocycles. The molecule has 28 heavy (non-hydrogen) atoms. The van der Waals surface area contributed by atoms with Crippen LogP contribution in [-0.4, -0.2) is 30.4 Å². The van der Waals surface area contributed by atoms with Crippen LogP contribution in [0, 0.1) is 5.92 Å². The Kier molecular flexibility index (Phi) is 7.75. The topological polar surface area (TPSA) is 81.7 Å². The molecule has 0 radical (unpaired) electrons. The number of ketones is 1. The van der Waals surface area contributed by atoms with Crippen molar-refractivity contribution in [2.24, 2.45) is 5.92 Å². The second kappa shape index (κ2) is 10.0. The molecule has 0 bridgehead atoms. The lowest BCUT2D eigenvalue weighted by molar-refractivity contribution is -0.148. The van der Waals surface area contributed by atoms with Crippen molar-refractivity contribution in [1.29, 1.82) is 0 Å². The second-order valence-electron chi connectivity index (χ2n) is 6.46. The van der Waals surface area contributed by atoms with E-state index in [9.17, 15) is 14.4 Å². The fraction of sp³-hybridized carbons (Fsp3) is 0.286. The molecule has 0 spiro atoms. The van der Waals surface area contributed by atoms with E-state index >= 15 is 0 Å². The predicted molar refractivity (Wildman–Crippen MR) is 109 cm³/mol. The molecular formula is C21H22BrNO5. The standard InChI is InChI=1S/C21H22BrNO5/c1-13(2)21(26)23-17-8-4-15(5-9-17)20(25)14(3)28-19(24)12-27-18-10-6-16(22)7-11-18/h4-11,13-14H,12H2,1-3H3,(H,23,26). The van der Waals surface area contributed by atoms with E-state index in [1.807, 2.05) is 0 Å². The van der Waals surface area contributed by atoms with Crippen molar-refractivity contribution in [2.75, 3.05) is 11.9 Å². The lowest BCUT2D eigenvalue weighted by Crippen LogP contribution is -2.27. The molecule has 0 aromatic heterocycles. The Balaban J connectivity index is 1.86. The van der Waals surface area contributed by atoms with Crippen LogP contribution in [0.15, 0.2) is 53.0 Å². The van der Waals surface area contributed by atoms with Crippen LogP contribution < -0.4 is 10.1 Å². The van der Waals surface area contributed by atoms with Crippen molar-refractivity contribution in [3.63, 3.8) is 0 Å². The van der Waals surface area contributed by atoms with E-state index in [-0.39, 0.29) is 24.2 Å². The van der Waals surface area contributed by atoms with E-state index in [1.54, 1.807) is 62.4 Å². The normalized spacial score (nSPS) is 11.6.